The van der Waals surface area contributed by atoms with E-state index >= 15 is 0 Å². The van der Waals surface area contributed by atoms with Gasteiger partial charge in [-0.2, -0.15) is 0 Å². The van der Waals surface area contributed by atoms with E-state index in [-0.39, 0.29) is 0 Å². The predicted molar refractivity (Wildman–Crippen MR) is 72.9 cm³/mol. The van der Waals surface area contributed by atoms with Crippen LogP contribution in [0.25, 0.3) is 0 Å². The molecule has 0 aliphatic rings. The van der Waals surface area contributed by atoms with Crippen molar-refractivity contribution in [2.45, 2.75) is 39.0 Å². The van der Waals surface area contributed by atoms with E-state index in [4.69, 9.17) is 12.2 Å². The van der Waals surface area contributed by atoms with Crippen LogP contribution < -0.4 is 0 Å². The molecule has 0 spiro atoms. The van der Waals surface area contributed by atoms with Crippen LogP contribution in [-0.2, 0) is 6.42 Å². The van der Waals surface area contributed by atoms with Gasteiger partial charge in [0.1, 0.15) is 0 Å². The van der Waals surface area contributed by atoms with Crippen LogP contribution in [0.2, 0.25) is 0 Å². The molecule has 1 aromatic rings. The van der Waals surface area contributed by atoms with Gasteiger partial charge in [-0.3, -0.25) is 0 Å². The molecule has 0 unspecified atom stereocenters. The number of hydrogen-bond donors (Lipinski definition) is 1. The van der Waals surface area contributed by atoms with Crippen LogP contribution in [0.3, 0.4) is 0 Å². The summed E-state index contributed by atoms with van der Waals surface area (Å²) in [5, 5.41) is 0. The van der Waals surface area contributed by atoms with Crippen LogP contribution in [0, 0.1) is 0 Å². The molecule has 0 fully saturated rings. The first-order valence-corrected chi connectivity index (χ1v) is 6.73. The normalized spacial score (nSPS) is 10.4. The Labute approximate surface area is 101 Å². The zero-order chi connectivity index (χ0) is 10.4. The van der Waals surface area contributed by atoms with Gasteiger partial charge in [0.25, 0.3) is 0 Å². The summed E-state index contributed by atoms with van der Waals surface area (Å²) in [7, 11) is 0. The lowest BCUT2D eigenvalue weighted by Crippen LogP contribution is -1.81. The molecule has 0 saturated heterocycles. The molecule has 1 heterocycles. The molecule has 1 rings (SSSR count). The largest absolute Gasteiger partial charge is 0.139 e. The van der Waals surface area contributed by atoms with Gasteiger partial charge in [-0.1, -0.05) is 38.4 Å². The van der Waals surface area contributed by atoms with Crippen LogP contribution in [0.1, 0.15) is 42.4 Å². The second kappa shape index (κ2) is 6.59. The number of thiophene rings is 1. The lowest BCUT2D eigenvalue weighted by Gasteiger charge is -1.96. The average molecular weight is 244 g/mol. The first kappa shape index (κ1) is 12.2. The summed E-state index contributed by atoms with van der Waals surface area (Å²) in [6.45, 7) is 2.24. The van der Waals surface area contributed by atoms with Gasteiger partial charge in [0.05, 0.1) is 9.07 Å². The van der Waals surface area contributed by atoms with Crippen molar-refractivity contribution in [2.75, 3.05) is 0 Å². The second-order valence-corrected chi connectivity index (χ2v) is 5.71. The molecular formula is C11H16S3. The SMILES string of the molecule is CCCCCCc1ccc(C(=S)S)s1. The molecule has 0 bridgehead atoms. The maximum atomic E-state index is 5.00. The zero-order valence-electron chi connectivity index (χ0n) is 8.45. The third kappa shape index (κ3) is 4.11. The summed E-state index contributed by atoms with van der Waals surface area (Å²) < 4.78 is 0.717. The van der Waals surface area contributed by atoms with Gasteiger partial charge in [0, 0.05) is 4.88 Å². The first-order chi connectivity index (χ1) is 6.74. The number of thiocarbonyl (C=S) groups is 1. The van der Waals surface area contributed by atoms with Crippen molar-refractivity contribution in [3.8, 4) is 0 Å². The van der Waals surface area contributed by atoms with Crippen molar-refractivity contribution < 1.29 is 0 Å². The number of thiol groups is 1. The first-order valence-electron chi connectivity index (χ1n) is 5.06. The smallest absolute Gasteiger partial charge is 0.0847 e. The van der Waals surface area contributed by atoms with Crippen molar-refractivity contribution in [3.05, 3.63) is 21.9 Å². The van der Waals surface area contributed by atoms with Gasteiger partial charge in [-0.05, 0) is 25.0 Å². The molecule has 78 valence electrons. The van der Waals surface area contributed by atoms with Crippen LogP contribution >= 0.6 is 36.2 Å². The third-order valence-corrected chi connectivity index (χ3v) is 4.05. The van der Waals surface area contributed by atoms with E-state index in [0.29, 0.717) is 0 Å². The van der Waals surface area contributed by atoms with Gasteiger partial charge in [0.15, 0.2) is 0 Å². The van der Waals surface area contributed by atoms with Crippen LogP contribution in [0.5, 0.6) is 0 Å². The summed E-state index contributed by atoms with van der Waals surface area (Å²) in [5.41, 5.74) is 0. The minimum Gasteiger partial charge on any atom is -0.139 e. The van der Waals surface area contributed by atoms with Crippen molar-refractivity contribution in [2.24, 2.45) is 0 Å². The molecule has 0 N–H and O–H groups in total. The average Bonchev–Trinajstić information content (AvgIpc) is 2.61. The molecule has 0 radical (unpaired) electrons. The van der Waals surface area contributed by atoms with Crippen molar-refractivity contribution in [1.29, 1.82) is 0 Å². The lowest BCUT2D eigenvalue weighted by atomic mass is 10.1. The van der Waals surface area contributed by atoms with E-state index in [1.165, 1.54) is 37.0 Å². The molecule has 0 aliphatic carbocycles. The summed E-state index contributed by atoms with van der Waals surface area (Å²) in [6.07, 6.45) is 6.49. The Morgan fingerprint density at radius 1 is 1.36 bits per heavy atom. The fourth-order valence-electron chi connectivity index (χ4n) is 1.35. The molecule has 14 heavy (non-hydrogen) atoms. The van der Waals surface area contributed by atoms with Crippen molar-refractivity contribution in [3.63, 3.8) is 0 Å². The Balaban J connectivity index is 2.33. The molecule has 0 nitrogen and oxygen atoms in total. The molecule has 0 aliphatic heterocycles. The summed E-state index contributed by atoms with van der Waals surface area (Å²) in [5.74, 6) is 0. The van der Waals surface area contributed by atoms with Crippen LogP contribution in [0.15, 0.2) is 12.1 Å². The van der Waals surface area contributed by atoms with E-state index in [1.54, 1.807) is 11.3 Å². The fraction of sp³-hybridized carbons (Fsp3) is 0.545. The number of unbranched alkanes of at least 4 members (excludes halogenated alkanes) is 3. The zero-order valence-corrected chi connectivity index (χ0v) is 11.0. The van der Waals surface area contributed by atoms with Gasteiger partial charge in [-0.25, -0.2) is 0 Å². The summed E-state index contributed by atoms with van der Waals surface area (Å²) >= 11 is 11.0. The minimum absolute atomic E-state index is 0.717. The minimum atomic E-state index is 0.717. The standard InChI is InChI=1S/C11H16S3/c1-2-3-4-5-6-9-7-8-10(14-9)11(12)13/h7-8H,2-6H2,1H3,(H,12,13). The highest BCUT2D eigenvalue weighted by atomic mass is 32.1. The van der Waals surface area contributed by atoms with Gasteiger partial charge >= 0.3 is 0 Å². The molecule has 0 saturated carbocycles. The predicted octanol–water partition coefficient (Wildman–Crippen LogP) is 4.48. The van der Waals surface area contributed by atoms with Gasteiger partial charge in [0.2, 0.25) is 0 Å². The van der Waals surface area contributed by atoms with Crippen LogP contribution in [0.4, 0.5) is 0 Å². The van der Waals surface area contributed by atoms with Crippen molar-refractivity contribution in [1.82, 2.24) is 0 Å². The number of aryl methyl sites for hydroxylation is 1. The van der Waals surface area contributed by atoms with Gasteiger partial charge in [-0.15, -0.1) is 24.0 Å². The summed E-state index contributed by atoms with van der Waals surface area (Å²) in [6, 6.07) is 4.25. The van der Waals surface area contributed by atoms with Gasteiger partial charge < -0.3 is 0 Å². The molecule has 0 aromatic carbocycles. The number of rotatable bonds is 6. The molecular weight excluding hydrogens is 228 g/mol. The molecule has 3 heteroatoms. The monoisotopic (exact) mass is 244 g/mol. The van der Waals surface area contributed by atoms with E-state index < -0.39 is 0 Å². The highest BCUT2D eigenvalue weighted by Gasteiger charge is 2.01. The Morgan fingerprint density at radius 2 is 2.14 bits per heavy atom. The summed E-state index contributed by atoms with van der Waals surface area (Å²) in [4.78, 5) is 2.57. The third-order valence-electron chi connectivity index (χ3n) is 2.15. The molecule has 1 aromatic heterocycles. The highest BCUT2D eigenvalue weighted by Crippen LogP contribution is 2.20. The van der Waals surface area contributed by atoms with E-state index in [9.17, 15) is 0 Å². The van der Waals surface area contributed by atoms with Crippen LogP contribution in [-0.4, -0.2) is 4.20 Å². The quantitative estimate of drug-likeness (QED) is 0.437. The second-order valence-electron chi connectivity index (χ2n) is 3.38. The number of hydrogen-bond acceptors (Lipinski definition) is 2. The molecule has 0 amide bonds. The highest BCUT2D eigenvalue weighted by molar-refractivity contribution is 8.12. The van der Waals surface area contributed by atoms with Crippen molar-refractivity contribution >= 4 is 40.4 Å². The molecule has 0 atom stereocenters. The topological polar surface area (TPSA) is 0 Å². The van der Waals surface area contributed by atoms with E-state index in [2.05, 4.69) is 31.7 Å². The Hall–Kier alpha value is 0.140. The lowest BCUT2D eigenvalue weighted by molar-refractivity contribution is 0.670. The Kier molecular flexibility index (Phi) is 5.75. The van der Waals surface area contributed by atoms with E-state index in [1.807, 2.05) is 0 Å². The van der Waals surface area contributed by atoms with E-state index in [0.717, 1.165) is 9.07 Å². The maximum absolute atomic E-state index is 5.00. The Bertz CT molecular complexity index is 288. The maximum Gasteiger partial charge on any atom is 0.0847 e. The Morgan fingerprint density at radius 3 is 2.71 bits per heavy atom. The fourth-order valence-corrected chi connectivity index (χ4v) is 2.65.